The Balaban J connectivity index is 0.000000195. The van der Waals surface area contributed by atoms with Crippen LogP contribution in [0.25, 0.3) is 0 Å². The van der Waals surface area contributed by atoms with E-state index in [0.29, 0.717) is 16.3 Å². The van der Waals surface area contributed by atoms with Crippen molar-refractivity contribution in [3.63, 3.8) is 0 Å². The highest BCUT2D eigenvalue weighted by Gasteiger charge is 2.41. The van der Waals surface area contributed by atoms with Crippen LogP contribution < -0.4 is 20.4 Å². The first kappa shape index (κ1) is 37.2. The molecule has 12 nitrogen and oxygen atoms in total. The van der Waals surface area contributed by atoms with Crippen LogP contribution in [0.2, 0.25) is 0 Å². The minimum atomic E-state index is -1.21. The summed E-state index contributed by atoms with van der Waals surface area (Å²) in [6, 6.07) is 14.8. The Kier molecular flexibility index (Phi) is 13.2. The first-order chi connectivity index (χ1) is 24.2. The fourth-order valence-electron chi connectivity index (χ4n) is 6.61. The summed E-state index contributed by atoms with van der Waals surface area (Å²) in [5.41, 5.74) is 1.27. The maximum Gasteiger partial charge on any atom is 0.329 e. The molecular weight excluding hydrogens is 681 g/mol. The van der Waals surface area contributed by atoms with Gasteiger partial charge in [-0.2, -0.15) is 0 Å². The van der Waals surface area contributed by atoms with Gasteiger partial charge in [-0.3, -0.25) is 28.8 Å². The summed E-state index contributed by atoms with van der Waals surface area (Å²) in [7, 11) is 0. The molecule has 2 aromatic rings. The Bertz CT molecular complexity index is 1580. The third-order valence-corrected chi connectivity index (χ3v) is 11.5. The summed E-state index contributed by atoms with van der Waals surface area (Å²) in [6.07, 6.45) is 10.8. The minimum absolute atomic E-state index is 0.0805. The molecule has 6 rings (SSSR count). The maximum atomic E-state index is 12.9. The summed E-state index contributed by atoms with van der Waals surface area (Å²) < 4.78 is 5.03. The van der Waals surface area contributed by atoms with Crippen LogP contribution in [0.3, 0.4) is 0 Å². The number of nitrogens with zero attached hydrogens (tertiary/aromatic N) is 2. The van der Waals surface area contributed by atoms with Crippen molar-refractivity contribution in [1.29, 1.82) is 0 Å². The highest BCUT2D eigenvalue weighted by Crippen LogP contribution is 2.40. The molecule has 0 aromatic heterocycles. The number of aliphatic carboxylic acids is 1. The second kappa shape index (κ2) is 17.8. The van der Waals surface area contributed by atoms with Gasteiger partial charge in [-0.15, -0.1) is 0 Å². The topological polar surface area (TPSA) is 162 Å². The van der Waals surface area contributed by atoms with Gasteiger partial charge >= 0.3 is 11.9 Å². The smallest absolute Gasteiger partial charge is 0.329 e. The van der Waals surface area contributed by atoms with E-state index in [2.05, 4.69) is 10.6 Å². The molecule has 2 unspecified atom stereocenters. The van der Waals surface area contributed by atoms with E-state index < -0.39 is 34.3 Å². The van der Waals surface area contributed by atoms with Crippen molar-refractivity contribution in [2.45, 2.75) is 104 Å². The molecule has 2 aliphatic heterocycles. The Labute approximate surface area is 300 Å². The van der Waals surface area contributed by atoms with Crippen molar-refractivity contribution in [3.05, 3.63) is 48.5 Å². The van der Waals surface area contributed by atoms with E-state index >= 15 is 0 Å². The van der Waals surface area contributed by atoms with Crippen LogP contribution in [-0.2, 0) is 33.5 Å². The van der Waals surface area contributed by atoms with E-state index in [4.69, 9.17) is 4.74 Å². The van der Waals surface area contributed by atoms with E-state index in [0.717, 1.165) is 68.0 Å². The number of esters is 1. The molecule has 2 atom stereocenters. The van der Waals surface area contributed by atoms with Crippen molar-refractivity contribution in [2.75, 3.05) is 29.5 Å². The van der Waals surface area contributed by atoms with Gasteiger partial charge in [-0.25, -0.2) is 0 Å². The molecule has 4 amide bonds. The predicted molar refractivity (Wildman–Crippen MR) is 191 cm³/mol. The summed E-state index contributed by atoms with van der Waals surface area (Å²) in [6.45, 7) is 1.70. The molecule has 2 aromatic carbocycles. The van der Waals surface area contributed by atoms with E-state index in [1.165, 1.54) is 34.4 Å². The maximum absolute atomic E-state index is 12.9. The highest BCUT2D eigenvalue weighted by atomic mass is 32.2. The Morgan fingerprint density at radius 2 is 1.12 bits per heavy atom. The number of rotatable bonds is 9. The van der Waals surface area contributed by atoms with Crippen molar-refractivity contribution in [2.24, 2.45) is 0 Å². The lowest BCUT2D eigenvalue weighted by molar-refractivity contribution is -0.145. The molecule has 4 aliphatic rings. The number of nitrogens with one attached hydrogen (secondary N) is 2. The monoisotopic (exact) mass is 724 g/mol. The quantitative estimate of drug-likeness (QED) is 0.248. The van der Waals surface area contributed by atoms with Crippen LogP contribution in [0.1, 0.15) is 71.1 Å². The lowest BCUT2D eigenvalue weighted by Gasteiger charge is -2.33. The SMILES string of the molecule is CCOC(=O)C1Sc2ccccc2N(CC(=O)NC2CCCCC2)C1=O.O=C(CN1C(=O)C(C(=O)O)Sc2ccccc21)NC1CCCCC1. The summed E-state index contributed by atoms with van der Waals surface area (Å²) in [5.74, 6) is -3.11. The van der Waals surface area contributed by atoms with Crippen molar-refractivity contribution in [3.8, 4) is 0 Å². The molecule has 0 radical (unpaired) electrons. The molecule has 2 saturated carbocycles. The normalized spacial score (nSPS) is 20.8. The lowest BCUT2D eigenvalue weighted by atomic mass is 9.95. The molecule has 14 heteroatoms. The Morgan fingerprint density at radius 3 is 1.56 bits per heavy atom. The van der Waals surface area contributed by atoms with Gasteiger partial charge in [0.15, 0.2) is 10.5 Å². The van der Waals surface area contributed by atoms with Gasteiger partial charge in [-0.1, -0.05) is 86.3 Å². The highest BCUT2D eigenvalue weighted by molar-refractivity contribution is 8.02. The third-order valence-electron chi connectivity index (χ3n) is 9.05. The number of thioether (sulfide) groups is 2. The van der Waals surface area contributed by atoms with E-state index in [9.17, 15) is 33.9 Å². The van der Waals surface area contributed by atoms with Crippen molar-refractivity contribution >= 4 is 70.5 Å². The molecule has 268 valence electrons. The second-order valence-corrected chi connectivity index (χ2v) is 15.0. The molecule has 2 heterocycles. The van der Waals surface area contributed by atoms with E-state index in [1.54, 1.807) is 37.3 Å². The van der Waals surface area contributed by atoms with Gasteiger partial charge in [0.2, 0.25) is 11.8 Å². The molecule has 2 aliphatic carbocycles. The first-order valence-corrected chi connectivity index (χ1v) is 19.0. The minimum Gasteiger partial charge on any atom is -0.480 e. The van der Waals surface area contributed by atoms with Gasteiger partial charge in [0.1, 0.15) is 13.1 Å². The van der Waals surface area contributed by atoms with Gasteiger partial charge in [0.25, 0.3) is 11.8 Å². The zero-order valence-electron chi connectivity index (χ0n) is 28.1. The number of fused-ring (bicyclic) bond motifs is 2. The first-order valence-electron chi connectivity index (χ1n) is 17.3. The zero-order valence-corrected chi connectivity index (χ0v) is 29.8. The van der Waals surface area contributed by atoms with Crippen LogP contribution in [0.5, 0.6) is 0 Å². The second-order valence-electron chi connectivity index (χ2n) is 12.7. The fourth-order valence-corrected chi connectivity index (χ4v) is 8.75. The average molecular weight is 725 g/mol. The Hall–Kier alpha value is -4.04. The lowest BCUT2D eigenvalue weighted by Crippen LogP contribution is -2.50. The van der Waals surface area contributed by atoms with Gasteiger partial charge in [-0.05, 0) is 56.9 Å². The zero-order chi connectivity index (χ0) is 35.6. The number of benzene rings is 2. The number of hydrogen-bond donors (Lipinski definition) is 3. The molecule has 2 fully saturated rings. The van der Waals surface area contributed by atoms with E-state index in [-0.39, 0.29) is 43.6 Å². The number of carboxylic acids is 1. The van der Waals surface area contributed by atoms with Crippen LogP contribution in [0, 0.1) is 0 Å². The van der Waals surface area contributed by atoms with Crippen LogP contribution in [-0.4, -0.2) is 83.0 Å². The molecule has 0 spiro atoms. The summed E-state index contributed by atoms with van der Waals surface area (Å²) in [5, 5.41) is 13.1. The largest absolute Gasteiger partial charge is 0.480 e. The number of carbonyl (C=O) groups is 6. The van der Waals surface area contributed by atoms with Crippen LogP contribution in [0.4, 0.5) is 11.4 Å². The molecule has 50 heavy (non-hydrogen) atoms. The number of para-hydroxylation sites is 2. The number of amides is 4. The van der Waals surface area contributed by atoms with E-state index in [1.807, 2.05) is 18.2 Å². The average Bonchev–Trinajstić information content (AvgIpc) is 3.11. The fraction of sp³-hybridized carbons (Fsp3) is 0.500. The van der Waals surface area contributed by atoms with Crippen molar-refractivity contribution in [1.82, 2.24) is 10.6 Å². The number of carbonyl (C=O) groups excluding carboxylic acids is 5. The predicted octanol–water partition coefficient (Wildman–Crippen LogP) is 4.53. The summed E-state index contributed by atoms with van der Waals surface area (Å²) >= 11 is 2.20. The number of carboxylic acid groups (broad SMARTS) is 1. The standard InChI is InChI=1S/C19H24N2O4S.C17H20N2O4S/c1-2-25-19(24)17-18(23)21(14-10-6-7-11-15(14)26-17)12-16(22)20-13-8-4-3-5-9-13;20-14(18-11-6-2-1-3-7-11)10-19-12-8-4-5-9-13(12)24-15(16(19)21)17(22)23/h6-7,10-11,13,17H,2-5,8-9,12H2,1H3,(H,20,22);4-5,8-9,11,15H,1-3,6-7,10H2,(H,18,20)(H,22,23). The van der Waals surface area contributed by atoms with Gasteiger partial charge in [0, 0.05) is 21.9 Å². The van der Waals surface area contributed by atoms with Crippen LogP contribution >= 0.6 is 23.5 Å². The molecular formula is C36H44N4O8S2. The molecule has 0 saturated heterocycles. The Morgan fingerprint density at radius 1 is 0.700 bits per heavy atom. The number of hydrogen-bond acceptors (Lipinski definition) is 9. The summed E-state index contributed by atoms with van der Waals surface area (Å²) in [4.78, 5) is 78.0. The van der Waals surface area contributed by atoms with Gasteiger partial charge < -0.3 is 30.3 Å². The third kappa shape index (κ3) is 9.39. The van der Waals surface area contributed by atoms with Gasteiger partial charge in [0.05, 0.1) is 18.0 Å². The number of anilines is 2. The number of ether oxygens (including phenoxy) is 1. The molecule has 3 N–H and O–H groups in total. The molecule has 0 bridgehead atoms. The van der Waals surface area contributed by atoms with Crippen LogP contribution in [0.15, 0.2) is 58.3 Å². The van der Waals surface area contributed by atoms with Crippen molar-refractivity contribution < 1.29 is 38.6 Å².